The predicted octanol–water partition coefficient (Wildman–Crippen LogP) is 2.11. The fourth-order valence-electron chi connectivity index (χ4n) is 5.02. The van der Waals surface area contributed by atoms with Crippen molar-refractivity contribution in [3.05, 3.63) is 60.2 Å². The summed E-state index contributed by atoms with van der Waals surface area (Å²) in [6.07, 6.45) is 15.1. The molecule has 2 aliphatic heterocycles. The van der Waals surface area contributed by atoms with Crippen molar-refractivity contribution in [2.24, 2.45) is 9.98 Å². The Bertz CT molecular complexity index is 1380. The van der Waals surface area contributed by atoms with Crippen molar-refractivity contribution >= 4 is 29.1 Å². The van der Waals surface area contributed by atoms with E-state index in [1.807, 2.05) is 35.7 Å². The van der Waals surface area contributed by atoms with Gasteiger partial charge >= 0.3 is 0 Å². The molecule has 40 heavy (non-hydrogen) atoms. The van der Waals surface area contributed by atoms with Gasteiger partial charge in [0.15, 0.2) is 11.5 Å². The number of ether oxygens (including phenoxy) is 2. The molecular weight excluding hydrogens is 510 g/mol. The minimum atomic E-state index is 0.0553. The molecule has 2 aromatic heterocycles. The molecule has 1 saturated heterocycles. The summed E-state index contributed by atoms with van der Waals surface area (Å²) in [4.78, 5) is 37.6. The van der Waals surface area contributed by atoms with Crippen LogP contribution in [0.3, 0.4) is 0 Å². The number of rotatable bonds is 8. The molecule has 2 aromatic rings. The summed E-state index contributed by atoms with van der Waals surface area (Å²) in [5.74, 6) is 2.78. The lowest BCUT2D eigenvalue weighted by molar-refractivity contribution is -0.130. The van der Waals surface area contributed by atoms with Crippen LogP contribution in [0.2, 0.25) is 0 Å². The second-order valence-electron chi connectivity index (χ2n) is 10.1. The van der Waals surface area contributed by atoms with Crippen LogP contribution in [0.25, 0.3) is 5.65 Å². The number of nitrogens with zero attached hydrogens (tertiary/aromatic N) is 8. The number of amides is 1. The lowest BCUT2D eigenvalue weighted by Crippen LogP contribution is -2.51. The van der Waals surface area contributed by atoms with E-state index in [2.05, 4.69) is 48.3 Å². The molecule has 1 aliphatic carbocycles. The second kappa shape index (κ2) is 12.3. The molecule has 12 heteroatoms. The van der Waals surface area contributed by atoms with Gasteiger partial charge in [-0.2, -0.15) is 4.99 Å². The summed E-state index contributed by atoms with van der Waals surface area (Å²) >= 11 is 0. The van der Waals surface area contributed by atoms with Crippen LogP contribution in [0.15, 0.2) is 64.5 Å². The molecule has 212 valence electrons. The standard InChI is InChI=1S/C28H37N9O3/c1-34(2)21-7-5-20(6-8-21)27-28(37-12-11-29-17-23(37)33-27)30-18-26(38)36-15-13-35(14-16-36)19-22-31-24(39-3)9-10-25(32-22)40-4/h5,7-9,11-12,17,20,30H,6,10,13-16,18-19H2,1-4H3. The molecule has 1 fully saturated rings. The Morgan fingerprint density at radius 1 is 1.12 bits per heavy atom. The number of carbonyl (C=O) groups is 1. The smallest absolute Gasteiger partial charge is 0.242 e. The number of likely N-dealkylation sites (N-methyl/N-ethyl adjacent to an activating group) is 1. The number of piperazine rings is 1. The average Bonchev–Trinajstić information content (AvgIpc) is 3.23. The Morgan fingerprint density at radius 2 is 1.95 bits per heavy atom. The highest BCUT2D eigenvalue weighted by Gasteiger charge is 2.25. The Balaban J connectivity index is 1.20. The first-order chi connectivity index (χ1) is 19.4. The zero-order valence-corrected chi connectivity index (χ0v) is 23.6. The van der Waals surface area contributed by atoms with E-state index < -0.39 is 0 Å². The topological polar surface area (TPSA) is 112 Å². The SMILES string of the molecule is COC1=CCC(OC)=NC(CN2CCN(C(=O)CNc3c(C4C=CC(N(C)C)=CC4)nc4cnccn34)CC2)=N1. The monoisotopic (exact) mass is 547 g/mol. The molecule has 0 saturated carbocycles. The molecule has 0 radical (unpaired) electrons. The lowest BCUT2D eigenvalue weighted by Gasteiger charge is -2.34. The van der Waals surface area contributed by atoms with Gasteiger partial charge in [-0.05, 0) is 18.6 Å². The van der Waals surface area contributed by atoms with Crippen molar-refractivity contribution in [3.63, 3.8) is 0 Å². The number of anilines is 1. The van der Waals surface area contributed by atoms with Gasteiger partial charge in [0.05, 0.1) is 39.2 Å². The van der Waals surface area contributed by atoms with Crippen molar-refractivity contribution in [1.29, 1.82) is 0 Å². The number of fused-ring (bicyclic) bond motifs is 1. The molecule has 0 aromatic carbocycles. The third-order valence-corrected chi connectivity index (χ3v) is 7.29. The summed E-state index contributed by atoms with van der Waals surface area (Å²) in [7, 11) is 7.28. The zero-order valence-electron chi connectivity index (χ0n) is 23.6. The number of carbonyl (C=O) groups excluding carboxylic acids is 1. The first kappa shape index (κ1) is 27.4. The molecule has 12 nitrogen and oxygen atoms in total. The highest BCUT2D eigenvalue weighted by Crippen LogP contribution is 2.32. The van der Waals surface area contributed by atoms with E-state index in [-0.39, 0.29) is 18.4 Å². The van der Waals surface area contributed by atoms with Gasteiger partial charge in [-0.3, -0.25) is 19.1 Å². The fraction of sp³-hybridized carbons (Fsp3) is 0.464. The normalized spacial score (nSPS) is 19.8. The number of methoxy groups -OCH3 is 2. The third kappa shape index (κ3) is 6.17. The molecule has 0 bridgehead atoms. The highest BCUT2D eigenvalue weighted by molar-refractivity contribution is 5.97. The van der Waals surface area contributed by atoms with Crippen molar-refractivity contribution in [2.75, 3.05) is 72.9 Å². The molecule has 1 unspecified atom stereocenters. The molecule has 3 aliphatic rings. The Kier molecular flexibility index (Phi) is 8.44. The number of aliphatic imine (C=N–C) groups is 2. The van der Waals surface area contributed by atoms with Crippen LogP contribution in [0, 0.1) is 0 Å². The molecular formula is C28H37N9O3. The van der Waals surface area contributed by atoms with E-state index in [0.717, 1.165) is 36.7 Å². The largest absolute Gasteiger partial charge is 0.484 e. The van der Waals surface area contributed by atoms with E-state index >= 15 is 0 Å². The highest BCUT2D eigenvalue weighted by atomic mass is 16.5. The number of amidine groups is 1. The number of aromatic nitrogens is 3. The van der Waals surface area contributed by atoms with E-state index in [1.54, 1.807) is 26.6 Å². The first-order valence-corrected chi connectivity index (χ1v) is 13.5. The average molecular weight is 548 g/mol. The van der Waals surface area contributed by atoms with Crippen LogP contribution in [0.5, 0.6) is 0 Å². The van der Waals surface area contributed by atoms with E-state index in [1.165, 1.54) is 5.70 Å². The van der Waals surface area contributed by atoms with Gasteiger partial charge in [0, 0.05) is 70.7 Å². The van der Waals surface area contributed by atoms with E-state index in [4.69, 9.17) is 14.5 Å². The van der Waals surface area contributed by atoms with Crippen molar-refractivity contribution in [3.8, 4) is 0 Å². The number of allylic oxidation sites excluding steroid dienone is 3. The Morgan fingerprint density at radius 3 is 2.65 bits per heavy atom. The first-order valence-electron chi connectivity index (χ1n) is 13.5. The van der Waals surface area contributed by atoms with Gasteiger partial charge in [0.25, 0.3) is 0 Å². The number of hydrogen-bond acceptors (Lipinski definition) is 10. The molecule has 4 heterocycles. The maximum absolute atomic E-state index is 13.2. The van der Waals surface area contributed by atoms with Crippen LogP contribution >= 0.6 is 0 Å². The third-order valence-electron chi connectivity index (χ3n) is 7.29. The maximum Gasteiger partial charge on any atom is 0.242 e. The van der Waals surface area contributed by atoms with Gasteiger partial charge in [-0.1, -0.05) is 12.2 Å². The van der Waals surface area contributed by atoms with Crippen LogP contribution in [0.1, 0.15) is 24.5 Å². The number of imidazole rings is 1. The number of hydrogen-bond donors (Lipinski definition) is 1. The minimum absolute atomic E-state index is 0.0553. The van der Waals surface area contributed by atoms with Crippen molar-refractivity contribution in [1.82, 2.24) is 29.1 Å². The van der Waals surface area contributed by atoms with Gasteiger partial charge < -0.3 is 24.6 Å². The van der Waals surface area contributed by atoms with Gasteiger partial charge in [-0.15, -0.1) is 0 Å². The van der Waals surface area contributed by atoms with Crippen LogP contribution in [-0.4, -0.2) is 114 Å². The van der Waals surface area contributed by atoms with Crippen molar-refractivity contribution < 1.29 is 14.3 Å². The van der Waals surface area contributed by atoms with E-state index in [0.29, 0.717) is 43.7 Å². The summed E-state index contributed by atoms with van der Waals surface area (Å²) in [6, 6.07) is 0. The van der Waals surface area contributed by atoms with Crippen LogP contribution in [0.4, 0.5) is 5.82 Å². The summed E-state index contributed by atoms with van der Waals surface area (Å²) in [5, 5.41) is 3.40. The Hall–Kier alpha value is -4.19. The summed E-state index contributed by atoms with van der Waals surface area (Å²) < 4.78 is 12.6. The predicted molar refractivity (Wildman–Crippen MR) is 154 cm³/mol. The van der Waals surface area contributed by atoms with Crippen molar-refractivity contribution in [2.45, 2.75) is 18.8 Å². The van der Waals surface area contributed by atoms with Gasteiger partial charge in [0.2, 0.25) is 11.8 Å². The minimum Gasteiger partial charge on any atom is -0.484 e. The molecule has 1 amide bonds. The molecule has 1 atom stereocenters. The quantitative estimate of drug-likeness (QED) is 0.535. The maximum atomic E-state index is 13.2. The molecule has 5 rings (SSSR count). The lowest BCUT2D eigenvalue weighted by atomic mass is 9.95. The summed E-state index contributed by atoms with van der Waals surface area (Å²) in [6.45, 7) is 3.48. The van der Waals surface area contributed by atoms with Gasteiger partial charge in [0.1, 0.15) is 11.7 Å². The van der Waals surface area contributed by atoms with Gasteiger partial charge in [-0.25, -0.2) is 9.98 Å². The number of nitrogens with one attached hydrogen (secondary N) is 1. The molecule has 0 spiro atoms. The fourth-order valence-corrected chi connectivity index (χ4v) is 5.02. The van der Waals surface area contributed by atoms with Crippen LogP contribution in [-0.2, 0) is 14.3 Å². The zero-order chi connectivity index (χ0) is 28.1. The van der Waals surface area contributed by atoms with E-state index in [9.17, 15) is 4.79 Å². The second-order valence-corrected chi connectivity index (χ2v) is 10.1. The summed E-state index contributed by atoms with van der Waals surface area (Å²) in [5.41, 5.74) is 2.85. The molecule has 1 N–H and O–H groups in total. The van der Waals surface area contributed by atoms with Crippen LogP contribution < -0.4 is 5.32 Å². The Labute approximate surface area is 234 Å².